The number of benzene rings is 1. The summed E-state index contributed by atoms with van der Waals surface area (Å²) in [5.74, 6) is 0. The van der Waals surface area contributed by atoms with Gasteiger partial charge in [0.15, 0.2) is 0 Å². The number of amides is 2. The van der Waals surface area contributed by atoms with Gasteiger partial charge >= 0.3 is 6.03 Å². The lowest BCUT2D eigenvalue weighted by molar-refractivity contribution is 0.132. The number of aromatic nitrogens is 1. The van der Waals surface area contributed by atoms with E-state index in [4.69, 9.17) is 0 Å². The summed E-state index contributed by atoms with van der Waals surface area (Å²) in [6.07, 6.45) is 4.18. The van der Waals surface area contributed by atoms with Crippen molar-refractivity contribution in [3.05, 3.63) is 42.1 Å². The van der Waals surface area contributed by atoms with Crippen LogP contribution in [-0.4, -0.2) is 66.1 Å². The Hall–Kier alpha value is -2.18. The number of carbonyl (C=O) groups is 1. The second kappa shape index (κ2) is 8.01. The van der Waals surface area contributed by atoms with E-state index in [1.54, 1.807) is 0 Å². The van der Waals surface area contributed by atoms with Gasteiger partial charge in [-0.25, -0.2) is 4.79 Å². The second-order valence-corrected chi connectivity index (χ2v) is 7.29. The van der Waals surface area contributed by atoms with Gasteiger partial charge in [0.1, 0.15) is 0 Å². The number of fused-ring (bicyclic) bond motifs is 1. The molecule has 6 heteroatoms. The summed E-state index contributed by atoms with van der Waals surface area (Å²) in [5, 5.41) is 7.70. The lowest BCUT2D eigenvalue weighted by Crippen LogP contribution is -2.55. The van der Waals surface area contributed by atoms with Crippen molar-refractivity contribution in [2.45, 2.75) is 25.4 Å². The smallest absolute Gasteiger partial charge is 0.317 e. The van der Waals surface area contributed by atoms with Gasteiger partial charge in [0.2, 0.25) is 0 Å². The van der Waals surface area contributed by atoms with Gasteiger partial charge in [0, 0.05) is 56.9 Å². The van der Waals surface area contributed by atoms with Crippen LogP contribution in [0.15, 0.2) is 36.5 Å². The Morgan fingerprint density at radius 1 is 1.23 bits per heavy atom. The monoisotopic (exact) mass is 353 g/mol. The van der Waals surface area contributed by atoms with Crippen molar-refractivity contribution in [3.8, 4) is 0 Å². The predicted octanol–water partition coefficient (Wildman–Crippen LogP) is 1.81. The van der Waals surface area contributed by atoms with Crippen LogP contribution in [0.25, 0.3) is 10.9 Å². The van der Waals surface area contributed by atoms with Crippen LogP contribution in [0.4, 0.5) is 4.79 Å². The fraction of sp³-hybridized carbons (Fsp3) is 0.500. The third-order valence-electron chi connectivity index (χ3n) is 5.34. The average Bonchev–Trinajstić information content (AvgIpc) is 2.69. The highest BCUT2D eigenvalue weighted by Crippen LogP contribution is 2.15. The molecular formula is C20H27N5O. The molecule has 4 rings (SSSR count). The molecule has 0 aliphatic carbocycles. The molecule has 0 saturated carbocycles. The Morgan fingerprint density at radius 2 is 2.08 bits per heavy atom. The molecule has 2 aliphatic heterocycles. The third-order valence-corrected chi connectivity index (χ3v) is 5.34. The lowest BCUT2D eigenvalue weighted by atomic mass is 10.1. The molecule has 2 N–H and O–H groups in total. The number of rotatable bonds is 3. The van der Waals surface area contributed by atoms with Crippen LogP contribution in [0.1, 0.15) is 18.4 Å². The fourth-order valence-corrected chi connectivity index (χ4v) is 3.81. The molecule has 2 aliphatic rings. The fourth-order valence-electron chi connectivity index (χ4n) is 3.81. The molecule has 3 heterocycles. The predicted molar refractivity (Wildman–Crippen MR) is 103 cm³/mol. The minimum Gasteiger partial charge on any atom is -0.334 e. The molecule has 2 fully saturated rings. The van der Waals surface area contributed by atoms with Crippen molar-refractivity contribution < 1.29 is 4.79 Å². The van der Waals surface area contributed by atoms with Gasteiger partial charge in [0.05, 0.1) is 5.52 Å². The largest absolute Gasteiger partial charge is 0.334 e. The van der Waals surface area contributed by atoms with Gasteiger partial charge in [-0.2, -0.15) is 0 Å². The van der Waals surface area contributed by atoms with E-state index in [1.165, 1.54) is 10.9 Å². The van der Waals surface area contributed by atoms with Crippen molar-refractivity contribution in [1.82, 2.24) is 25.4 Å². The topological polar surface area (TPSA) is 60.5 Å². The van der Waals surface area contributed by atoms with E-state index in [9.17, 15) is 4.79 Å². The first-order valence-electron chi connectivity index (χ1n) is 9.60. The first-order chi connectivity index (χ1) is 12.8. The van der Waals surface area contributed by atoms with Gasteiger partial charge in [-0.15, -0.1) is 0 Å². The number of nitrogens with one attached hydrogen (secondary N) is 2. The van der Waals surface area contributed by atoms with Crippen molar-refractivity contribution in [3.63, 3.8) is 0 Å². The van der Waals surface area contributed by atoms with E-state index >= 15 is 0 Å². The van der Waals surface area contributed by atoms with Crippen LogP contribution in [0.2, 0.25) is 0 Å². The Labute approximate surface area is 154 Å². The molecule has 0 bridgehead atoms. The molecular weight excluding hydrogens is 326 g/mol. The lowest BCUT2D eigenvalue weighted by Gasteiger charge is -2.36. The third kappa shape index (κ3) is 4.14. The SMILES string of the molecule is O=C(NC1CCCNC1)N1CCN(Cc2cnc3ccccc3c2)CC1. The van der Waals surface area contributed by atoms with E-state index in [2.05, 4.69) is 32.7 Å². The number of piperazine rings is 1. The Morgan fingerprint density at radius 3 is 2.88 bits per heavy atom. The zero-order valence-corrected chi connectivity index (χ0v) is 15.2. The van der Waals surface area contributed by atoms with Gasteiger partial charge in [-0.05, 0) is 37.1 Å². The molecule has 0 radical (unpaired) electrons. The highest BCUT2D eigenvalue weighted by Gasteiger charge is 2.23. The number of carbonyl (C=O) groups excluding carboxylic acids is 1. The van der Waals surface area contributed by atoms with Crippen LogP contribution in [0.5, 0.6) is 0 Å². The van der Waals surface area contributed by atoms with Crippen molar-refractivity contribution >= 4 is 16.9 Å². The maximum atomic E-state index is 12.4. The molecule has 0 spiro atoms. The van der Waals surface area contributed by atoms with Crippen molar-refractivity contribution in [2.75, 3.05) is 39.3 Å². The first kappa shape index (κ1) is 17.2. The molecule has 2 saturated heterocycles. The number of para-hydroxylation sites is 1. The highest BCUT2D eigenvalue weighted by atomic mass is 16.2. The average molecular weight is 353 g/mol. The summed E-state index contributed by atoms with van der Waals surface area (Å²) in [6, 6.07) is 10.8. The van der Waals surface area contributed by atoms with E-state index in [-0.39, 0.29) is 12.1 Å². The molecule has 2 amide bonds. The second-order valence-electron chi connectivity index (χ2n) is 7.29. The van der Waals surface area contributed by atoms with Gasteiger partial charge in [-0.1, -0.05) is 18.2 Å². The van der Waals surface area contributed by atoms with Crippen molar-refractivity contribution in [2.24, 2.45) is 0 Å². The van der Waals surface area contributed by atoms with Crippen LogP contribution in [0, 0.1) is 0 Å². The number of pyridine rings is 1. The summed E-state index contributed by atoms with van der Waals surface area (Å²) < 4.78 is 0. The minimum absolute atomic E-state index is 0.0886. The molecule has 1 atom stereocenters. The zero-order chi connectivity index (χ0) is 17.8. The molecule has 26 heavy (non-hydrogen) atoms. The Kier molecular flexibility index (Phi) is 5.32. The molecule has 1 unspecified atom stereocenters. The summed E-state index contributed by atoms with van der Waals surface area (Å²) in [4.78, 5) is 21.3. The standard InChI is InChI=1S/C20H27N5O/c26-20(23-18-5-3-7-21-14-18)25-10-8-24(9-11-25)15-16-12-17-4-1-2-6-19(17)22-13-16/h1-2,4,6,12-13,18,21H,3,5,7-11,14-15H2,(H,23,26). The van der Waals surface area contributed by atoms with Crippen LogP contribution in [-0.2, 0) is 6.54 Å². The van der Waals surface area contributed by atoms with Crippen LogP contribution >= 0.6 is 0 Å². The van der Waals surface area contributed by atoms with E-state index in [1.807, 2.05) is 29.3 Å². The van der Waals surface area contributed by atoms with Gasteiger partial charge < -0.3 is 15.5 Å². The van der Waals surface area contributed by atoms with Crippen LogP contribution in [0.3, 0.4) is 0 Å². The molecule has 138 valence electrons. The Bertz CT molecular complexity index is 751. The number of hydrogen-bond acceptors (Lipinski definition) is 4. The zero-order valence-electron chi connectivity index (χ0n) is 15.2. The van der Waals surface area contributed by atoms with E-state index in [0.29, 0.717) is 0 Å². The number of urea groups is 1. The maximum absolute atomic E-state index is 12.4. The first-order valence-corrected chi connectivity index (χ1v) is 9.60. The van der Waals surface area contributed by atoms with E-state index < -0.39 is 0 Å². The molecule has 6 nitrogen and oxygen atoms in total. The van der Waals surface area contributed by atoms with E-state index in [0.717, 1.165) is 64.2 Å². The molecule has 2 aromatic rings. The normalized spacial score (nSPS) is 21.7. The van der Waals surface area contributed by atoms with Crippen LogP contribution < -0.4 is 10.6 Å². The maximum Gasteiger partial charge on any atom is 0.317 e. The minimum atomic E-state index is 0.0886. The number of hydrogen-bond donors (Lipinski definition) is 2. The molecule has 1 aromatic carbocycles. The molecule has 1 aromatic heterocycles. The van der Waals surface area contributed by atoms with Gasteiger partial charge in [-0.3, -0.25) is 9.88 Å². The summed E-state index contributed by atoms with van der Waals surface area (Å²) in [6.45, 7) is 6.22. The quantitative estimate of drug-likeness (QED) is 0.884. The Balaban J connectivity index is 1.28. The number of piperidine rings is 1. The number of nitrogens with zero attached hydrogens (tertiary/aromatic N) is 3. The highest BCUT2D eigenvalue weighted by molar-refractivity contribution is 5.78. The summed E-state index contributed by atoms with van der Waals surface area (Å²) >= 11 is 0. The summed E-state index contributed by atoms with van der Waals surface area (Å²) in [7, 11) is 0. The van der Waals surface area contributed by atoms with Crippen molar-refractivity contribution in [1.29, 1.82) is 0 Å². The summed E-state index contributed by atoms with van der Waals surface area (Å²) in [5.41, 5.74) is 2.27. The van der Waals surface area contributed by atoms with Gasteiger partial charge in [0.25, 0.3) is 0 Å².